The fourth-order valence-electron chi connectivity index (χ4n) is 1.24. The molecule has 44 valence electrons. The lowest BCUT2D eigenvalue weighted by atomic mass is 10.2. The molecule has 2 heteroatoms. The van der Waals surface area contributed by atoms with Crippen LogP contribution in [-0.4, -0.2) is 13.1 Å². The molecule has 0 aliphatic heterocycles. The molecule has 2 rings (SSSR count). The highest BCUT2D eigenvalue weighted by atomic mass is 16.5. The Bertz CT molecular complexity index is 145. The Morgan fingerprint density at radius 2 is 2.25 bits per heavy atom. The topological polar surface area (TPSA) is 26.3 Å². The maximum absolute atomic E-state index is 10.7. The predicted octanol–water partition coefficient (Wildman–Crippen LogP) is 0.569. The van der Waals surface area contributed by atoms with Gasteiger partial charge in [-0.1, -0.05) is 0 Å². The lowest BCUT2D eigenvalue weighted by Gasteiger charge is -1.97. The number of methoxy groups -OCH3 is 1. The minimum atomic E-state index is 0.0162. The Hall–Kier alpha value is -0.530. The van der Waals surface area contributed by atoms with E-state index in [9.17, 15) is 4.79 Å². The van der Waals surface area contributed by atoms with E-state index in [0.29, 0.717) is 0 Å². The van der Waals surface area contributed by atoms with Crippen LogP contribution in [0.15, 0.2) is 0 Å². The van der Waals surface area contributed by atoms with Gasteiger partial charge in [-0.15, -0.1) is 0 Å². The summed E-state index contributed by atoms with van der Waals surface area (Å²) in [5.41, 5.74) is 0.0642. The van der Waals surface area contributed by atoms with Crippen LogP contribution in [0.5, 0.6) is 0 Å². The zero-order chi connectivity index (χ0) is 5.78. The average molecular weight is 112 g/mol. The summed E-state index contributed by atoms with van der Waals surface area (Å²) in [5.74, 6) is 0.734. The highest BCUT2D eigenvalue weighted by molar-refractivity contribution is 5.85. The molecule has 2 nitrogen and oxygen atoms in total. The molecule has 0 saturated heterocycles. The number of esters is 1. The molecular formula is C6H8O2. The minimum Gasteiger partial charge on any atom is -0.469 e. The molecule has 0 unspecified atom stereocenters. The van der Waals surface area contributed by atoms with Crippen LogP contribution in [0.2, 0.25) is 0 Å². The third-order valence-electron chi connectivity index (χ3n) is 2.27. The van der Waals surface area contributed by atoms with Crippen molar-refractivity contribution in [3.63, 3.8) is 0 Å². The van der Waals surface area contributed by atoms with Crippen LogP contribution in [-0.2, 0) is 9.53 Å². The van der Waals surface area contributed by atoms with Crippen LogP contribution in [0.25, 0.3) is 0 Å². The average Bonchev–Trinajstić information content (AvgIpc) is 2.45. The van der Waals surface area contributed by atoms with Gasteiger partial charge in [0.05, 0.1) is 12.5 Å². The Balaban J connectivity index is 2.07. The van der Waals surface area contributed by atoms with Crippen molar-refractivity contribution in [1.82, 2.24) is 0 Å². The third kappa shape index (κ3) is 0.288. The van der Waals surface area contributed by atoms with E-state index in [0.717, 1.165) is 18.8 Å². The molecule has 0 spiro atoms. The molecule has 2 aliphatic rings. The number of fused-ring (bicyclic) bond motifs is 1. The summed E-state index contributed by atoms with van der Waals surface area (Å²) in [5, 5.41) is 0. The Morgan fingerprint density at radius 3 is 2.38 bits per heavy atom. The van der Waals surface area contributed by atoms with Crippen LogP contribution < -0.4 is 0 Å². The number of hydrogen-bond acceptors (Lipinski definition) is 2. The summed E-state index contributed by atoms with van der Waals surface area (Å²) in [4.78, 5) is 10.7. The van der Waals surface area contributed by atoms with Gasteiger partial charge in [-0.3, -0.25) is 4.79 Å². The maximum atomic E-state index is 10.7. The fraction of sp³-hybridized carbons (Fsp3) is 0.833. The zero-order valence-corrected chi connectivity index (χ0v) is 4.81. The first-order valence-electron chi connectivity index (χ1n) is 2.88. The molecule has 0 atom stereocenters. The summed E-state index contributed by atoms with van der Waals surface area (Å²) in [6.45, 7) is 0. The third-order valence-corrected chi connectivity index (χ3v) is 2.27. The number of ether oxygens (including phenoxy) is 1. The van der Waals surface area contributed by atoms with Crippen LogP contribution in [0.3, 0.4) is 0 Å². The van der Waals surface area contributed by atoms with Crippen molar-refractivity contribution < 1.29 is 9.53 Å². The van der Waals surface area contributed by atoms with Crippen molar-refractivity contribution in [1.29, 1.82) is 0 Å². The summed E-state index contributed by atoms with van der Waals surface area (Å²) < 4.78 is 4.58. The summed E-state index contributed by atoms with van der Waals surface area (Å²) >= 11 is 0. The van der Waals surface area contributed by atoms with Gasteiger partial charge in [0.2, 0.25) is 0 Å². The number of rotatable bonds is 1. The maximum Gasteiger partial charge on any atom is 0.312 e. The highest BCUT2D eigenvalue weighted by Gasteiger charge is 2.75. The monoisotopic (exact) mass is 112 g/mol. The molecule has 0 aromatic rings. The van der Waals surface area contributed by atoms with Crippen molar-refractivity contribution in [2.75, 3.05) is 7.11 Å². The van der Waals surface area contributed by atoms with Gasteiger partial charge >= 0.3 is 5.97 Å². The van der Waals surface area contributed by atoms with Gasteiger partial charge in [0.15, 0.2) is 0 Å². The smallest absolute Gasteiger partial charge is 0.312 e. The van der Waals surface area contributed by atoms with Crippen molar-refractivity contribution in [2.24, 2.45) is 11.3 Å². The summed E-state index contributed by atoms with van der Waals surface area (Å²) in [6, 6.07) is 0. The van der Waals surface area contributed by atoms with E-state index in [1.165, 1.54) is 7.11 Å². The van der Waals surface area contributed by atoms with Gasteiger partial charge in [0.25, 0.3) is 0 Å². The Kier molecular flexibility index (Phi) is 0.504. The first-order valence-corrected chi connectivity index (χ1v) is 2.88. The second-order valence-corrected chi connectivity index (χ2v) is 2.75. The molecule has 0 heterocycles. The van der Waals surface area contributed by atoms with Crippen LogP contribution in [0, 0.1) is 11.3 Å². The van der Waals surface area contributed by atoms with E-state index in [1.807, 2.05) is 0 Å². The number of carbonyl (C=O) groups excluding carboxylic acids is 1. The molecule has 8 heavy (non-hydrogen) atoms. The molecule has 2 fully saturated rings. The Morgan fingerprint density at radius 1 is 1.75 bits per heavy atom. The molecular weight excluding hydrogens is 104 g/mol. The van der Waals surface area contributed by atoms with Crippen LogP contribution >= 0.6 is 0 Å². The van der Waals surface area contributed by atoms with Gasteiger partial charge in [-0.25, -0.2) is 0 Å². The summed E-state index contributed by atoms with van der Waals surface area (Å²) in [6.07, 6.45) is 2.19. The fourth-order valence-corrected chi connectivity index (χ4v) is 1.24. The standard InChI is InChI=1S/C6H8O2/c1-8-5(7)6-2-4(6)3-6/h4H,2-3H2,1H3. The molecule has 0 bridgehead atoms. The van der Waals surface area contributed by atoms with E-state index in [-0.39, 0.29) is 11.4 Å². The first-order chi connectivity index (χ1) is 3.79. The number of carbonyl (C=O) groups is 1. The van der Waals surface area contributed by atoms with Gasteiger partial charge in [0.1, 0.15) is 0 Å². The van der Waals surface area contributed by atoms with Gasteiger partial charge in [-0.05, 0) is 18.8 Å². The molecule has 0 aromatic carbocycles. The first kappa shape index (κ1) is 4.36. The molecule has 2 saturated carbocycles. The van der Waals surface area contributed by atoms with Gasteiger partial charge in [0, 0.05) is 0 Å². The van der Waals surface area contributed by atoms with Gasteiger partial charge < -0.3 is 4.74 Å². The molecule has 0 radical (unpaired) electrons. The molecule has 0 aromatic heterocycles. The van der Waals surface area contributed by atoms with E-state index in [2.05, 4.69) is 4.74 Å². The van der Waals surface area contributed by atoms with E-state index in [1.54, 1.807) is 0 Å². The second kappa shape index (κ2) is 0.925. The quantitative estimate of drug-likeness (QED) is 0.463. The van der Waals surface area contributed by atoms with Gasteiger partial charge in [-0.2, -0.15) is 0 Å². The molecule has 2 aliphatic carbocycles. The molecule has 0 amide bonds. The predicted molar refractivity (Wildman–Crippen MR) is 27.2 cm³/mol. The Labute approximate surface area is 47.8 Å². The van der Waals surface area contributed by atoms with Crippen molar-refractivity contribution in [2.45, 2.75) is 12.8 Å². The van der Waals surface area contributed by atoms with Crippen LogP contribution in [0.1, 0.15) is 12.8 Å². The zero-order valence-electron chi connectivity index (χ0n) is 4.81. The van der Waals surface area contributed by atoms with E-state index >= 15 is 0 Å². The number of hydrogen-bond donors (Lipinski definition) is 0. The lowest BCUT2D eigenvalue weighted by Crippen LogP contribution is -2.07. The van der Waals surface area contributed by atoms with Crippen molar-refractivity contribution in [3.05, 3.63) is 0 Å². The normalized spacial score (nSPS) is 47.4. The van der Waals surface area contributed by atoms with Crippen molar-refractivity contribution in [3.8, 4) is 0 Å². The second-order valence-electron chi connectivity index (χ2n) is 2.75. The summed E-state index contributed by atoms with van der Waals surface area (Å²) in [7, 11) is 1.46. The SMILES string of the molecule is COC(=O)C12CC1C2. The van der Waals surface area contributed by atoms with Crippen LogP contribution in [0.4, 0.5) is 0 Å². The largest absolute Gasteiger partial charge is 0.469 e. The molecule has 0 N–H and O–H groups in total. The van der Waals surface area contributed by atoms with Crippen molar-refractivity contribution >= 4 is 5.97 Å². The van der Waals surface area contributed by atoms with E-state index in [4.69, 9.17) is 0 Å². The minimum absolute atomic E-state index is 0.0162. The lowest BCUT2D eigenvalue weighted by molar-refractivity contribution is -0.144. The van der Waals surface area contributed by atoms with E-state index < -0.39 is 0 Å². The highest BCUT2D eigenvalue weighted by Crippen LogP contribution is 2.75.